The Bertz CT molecular complexity index is 976. The first-order chi connectivity index (χ1) is 14.4. The fourth-order valence-electron chi connectivity index (χ4n) is 3.31. The van der Waals surface area contributed by atoms with Gasteiger partial charge in [-0.25, -0.2) is 8.42 Å². The maximum Gasteiger partial charge on any atom is 0.252 e. The van der Waals surface area contributed by atoms with Crippen LogP contribution in [0.2, 0.25) is 0 Å². The van der Waals surface area contributed by atoms with Gasteiger partial charge in [-0.05, 0) is 48.9 Å². The van der Waals surface area contributed by atoms with E-state index in [0.29, 0.717) is 48.7 Å². The van der Waals surface area contributed by atoms with Crippen LogP contribution in [-0.2, 0) is 14.8 Å². The highest BCUT2D eigenvalue weighted by Crippen LogP contribution is 2.26. The number of hydrogen-bond acceptors (Lipinski definition) is 6. The van der Waals surface area contributed by atoms with Gasteiger partial charge in [0.25, 0.3) is 15.9 Å². The van der Waals surface area contributed by atoms with Crippen molar-refractivity contribution in [3.63, 3.8) is 0 Å². The van der Waals surface area contributed by atoms with Crippen molar-refractivity contribution in [1.29, 1.82) is 0 Å². The van der Waals surface area contributed by atoms with Crippen LogP contribution in [0.5, 0.6) is 5.75 Å². The van der Waals surface area contributed by atoms with E-state index < -0.39 is 10.0 Å². The van der Waals surface area contributed by atoms with Crippen LogP contribution in [0.3, 0.4) is 0 Å². The molecule has 162 valence electrons. The predicted octanol–water partition coefficient (Wildman–Crippen LogP) is 1.79. The average molecular weight is 452 g/mol. The second kappa shape index (κ2) is 10.1. The number of benzene rings is 1. The summed E-state index contributed by atoms with van der Waals surface area (Å²) < 4.78 is 27.0. The zero-order valence-corrected chi connectivity index (χ0v) is 18.0. The third-order valence-electron chi connectivity index (χ3n) is 4.89. The lowest BCUT2D eigenvalue weighted by Gasteiger charge is -2.30. The van der Waals surface area contributed by atoms with E-state index in [1.807, 2.05) is 0 Å². The number of rotatable bonds is 8. The number of sulfonamides is 1. The van der Waals surface area contributed by atoms with Gasteiger partial charge in [0.1, 0.15) is 9.96 Å². The third-order valence-corrected chi connectivity index (χ3v) is 8.13. The summed E-state index contributed by atoms with van der Waals surface area (Å²) in [5.41, 5.74) is 0.369. The van der Waals surface area contributed by atoms with Crippen molar-refractivity contribution in [2.24, 2.45) is 5.92 Å². The first-order valence-corrected chi connectivity index (χ1v) is 12.1. The van der Waals surface area contributed by atoms with Crippen LogP contribution in [-0.4, -0.2) is 55.8 Å². The largest absolute Gasteiger partial charge is 0.508 e. The summed E-state index contributed by atoms with van der Waals surface area (Å²) in [7, 11) is -3.55. The molecule has 0 bridgehead atoms. The number of thiophene rings is 1. The molecule has 1 aliphatic rings. The normalized spacial score (nSPS) is 17.4. The average Bonchev–Trinajstić information content (AvgIpc) is 3.29. The van der Waals surface area contributed by atoms with Crippen molar-refractivity contribution >= 4 is 33.2 Å². The molecule has 1 atom stereocenters. The SMILES string of the molecule is O=C(NCCCNC(=O)C1CCCN(S(=O)(=O)c2cccs2)C1)c1cccc(O)c1. The molecule has 0 radical (unpaired) electrons. The van der Waals surface area contributed by atoms with Crippen molar-refractivity contribution < 1.29 is 23.1 Å². The van der Waals surface area contributed by atoms with Crippen LogP contribution in [0.1, 0.15) is 29.6 Å². The van der Waals surface area contributed by atoms with Gasteiger partial charge in [0, 0.05) is 31.7 Å². The monoisotopic (exact) mass is 451 g/mol. The molecular formula is C20H25N3O5S2. The second-order valence-electron chi connectivity index (χ2n) is 7.09. The molecule has 30 heavy (non-hydrogen) atoms. The fraction of sp³-hybridized carbons (Fsp3) is 0.400. The van der Waals surface area contributed by atoms with Crippen molar-refractivity contribution in [2.45, 2.75) is 23.5 Å². The molecule has 1 aromatic heterocycles. The summed E-state index contributed by atoms with van der Waals surface area (Å²) in [6, 6.07) is 9.35. The summed E-state index contributed by atoms with van der Waals surface area (Å²) in [5, 5.41) is 16.7. The third kappa shape index (κ3) is 5.59. The molecule has 1 saturated heterocycles. The fourth-order valence-corrected chi connectivity index (χ4v) is 5.98. The van der Waals surface area contributed by atoms with Crippen molar-refractivity contribution in [3.8, 4) is 5.75 Å². The maximum absolute atomic E-state index is 12.7. The van der Waals surface area contributed by atoms with Crippen LogP contribution in [0.15, 0.2) is 46.0 Å². The molecule has 1 aromatic carbocycles. The van der Waals surface area contributed by atoms with Gasteiger partial charge >= 0.3 is 0 Å². The maximum atomic E-state index is 12.7. The number of nitrogens with one attached hydrogen (secondary N) is 2. The Balaban J connectivity index is 1.41. The Morgan fingerprint density at radius 2 is 1.97 bits per heavy atom. The first kappa shape index (κ1) is 22.3. The molecule has 3 rings (SSSR count). The lowest BCUT2D eigenvalue weighted by Crippen LogP contribution is -2.45. The van der Waals surface area contributed by atoms with Gasteiger partial charge in [0.15, 0.2) is 0 Å². The van der Waals surface area contributed by atoms with Gasteiger partial charge < -0.3 is 15.7 Å². The summed E-state index contributed by atoms with van der Waals surface area (Å²) >= 11 is 1.18. The molecule has 0 spiro atoms. The summed E-state index contributed by atoms with van der Waals surface area (Å²) in [4.78, 5) is 24.5. The van der Waals surface area contributed by atoms with E-state index in [1.54, 1.807) is 29.6 Å². The number of aromatic hydroxyl groups is 1. The number of phenolic OH excluding ortho intramolecular Hbond substituents is 1. The highest BCUT2D eigenvalue weighted by Gasteiger charge is 2.33. The Hall–Kier alpha value is -2.43. The Kier molecular flexibility index (Phi) is 7.46. The van der Waals surface area contributed by atoms with E-state index in [1.165, 1.54) is 27.8 Å². The lowest BCUT2D eigenvalue weighted by atomic mass is 9.99. The quantitative estimate of drug-likeness (QED) is 0.529. The van der Waals surface area contributed by atoms with Gasteiger partial charge in [-0.3, -0.25) is 9.59 Å². The van der Waals surface area contributed by atoms with Gasteiger partial charge in [0.2, 0.25) is 5.91 Å². The minimum absolute atomic E-state index is 0.0255. The molecule has 1 aliphatic heterocycles. The molecule has 1 fully saturated rings. The van der Waals surface area contributed by atoms with E-state index in [9.17, 15) is 23.1 Å². The van der Waals surface area contributed by atoms with Crippen LogP contribution in [0.4, 0.5) is 0 Å². The highest BCUT2D eigenvalue weighted by molar-refractivity contribution is 7.91. The Morgan fingerprint density at radius 1 is 1.17 bits per heavy atom. The van der Waals surface area contributed by atoms with Crippen molar-refractivity contribution in [1.82, 2.24) is 14.9 Å². The second-order valence-corrected chi connectivity index (χ2v) is 10.2. The number of phenols is 1. The standard InChI is InChI=1S/C20H25N3O5S2/c24-17-7-1-5-15(13-17)19(25)21-9-4-10-22-20(26)16-6-2-11-23(14-16)30(27,28)18-8-3-12-29-18/h1,3,5,7-8,12-13,16,24H,2,4,6,9-11,14H2,(H,21,25)(H,22,26). The molecule has 0 aliphatic carbocycles. The zero-order valence-electron chi connectivity index (χ0n) is 16.4. The van der Waals surface area contributed by atoms with Crippen LogP contribution in [0.25, 0.3) is 0 Å². The molecule has 3 N–H and O–H groups in total. The van der Waals surface area contributed by atoms with E-state index in [2.05, 4.69) is 10.6 Å². The lowest BCUT2D eigenvalue weighted by molar-refractivity contribution is -0.126. The summed E-state index contributed by atoms with van der Waals surface area (Å²) in [5.74, 6) is -0.813. The zero-order chi connectivity index (χ0) is 21.6. The van der Waals surface area contributed by atoms with Gasteiger partial charge in [-0.15, -0.1) is 11.3 Å². The van der Waals surface area contributed by atoms with Crippen LogP contribution in [0, 0.1) is 5.92 Å². The van der Waals surface area contributed by atoms with Crippen LogP contribution >= 0.6 is 11.3 Å². The van der Waals surface area contributed by atoms with Crippen LogP contribution < -0.4 is 10.6 Å². The first-order valence-electron chi connectivity index (χ1n) is 9.76. The van der Waals surface area contributed by atoms with Crippen molar-refractivity contribution in [3.05, 3.63) is 47.3 Å². The molecule has 2 heterocycles. The van der Waals surface area contributed by atoms with E-state index in [-0.39, 0.29) is 30.0 Å². The van der Waals surface area contributed by atoms with Gasteiger partial charge in [0.05, 0.1) is 5.92 Å². The Labute approximate surface area is 180 Å². The van der Waals surface area contributed by atoms with E-state index in [4.69, 9.17) is 0 Å². The number of carbonyl (C=O) groups excluding carboxylic acids is 2. The predicted molar refractivity (Wildman–Crippen MR) is 114 cm³/mol. The minimum atomic E-state index is -3.55. The molecule has 0 saturated carbocycles. The number of amides is 2. The Morgan fingerprint density at radius 3 is 2.70 bits per heavy atom. The van der Waals surface area contributed by atoms with Gasteiger partial charge in [-0.2, -0.15) is 4.31 Å². The minimum Gasteiger partial charge on any atom is -0.508 e. The molecular weight excluding hydrogens is 426 g/mol. The van der Waals surface area contributed by atoms with E-state index >= 15 is 0 Å². The smallest absolute Gasteiger partial charge is 0.252 e. The molecule has 2 amide bonds. The number of nitrogens with zero attached hydrogens (tertiary/aromatic N) is 1. The summed E-state index contributed by atoms with van der Waals surface area (Å²) in [6.07, 6.45) is 1.83. The van der Waals surface area contributed by atoms with Crippen molar-refractivity contribution in [2.75, 3.05) is 26.2 Å². The molecule has 10 heteroatoms. The van der Waals surface area contributed by atoms with Gasteiger partial charge in [-0.1, -0.05) is 12.1 Å². The molecule has 2 aromatic rings. The topological polar surface area (TPSA) is 116 Å². The number of carbonyl (C=O) groups is 2. The summed E-state index contributed by atoms with van der Waals surface area (Å²) in [6.45, 7) is 1.36. The molecule has 1 unspecified atom stereocenters. The highest BCUT2D eigenvalue weighted by atomic mass is 32.2. The number of hydrogen-bond donors (Lipinski definition) is 3. The number of piperidine rings is 1. The van der Waals surface area contributed by atoms with E-state index in [0.717, 1.165) is 0 Å². The molecule has 8 nitrogen and oxygen atoms in total.